The molecule has 0 bridgehead atoms. The molecule has 0 aliphatic heterocycles. The van der Waals surface area contributed by atoms with Crippen molar-refractivity contribution in [3.63, 3.8) is 0 Å². The first kappa shape index (κ1) is 13.5. The molecule has 0 aromatic heterocycles. The second kappa shape index (κ2) is 4.75. The quantitative estimate of drug-likeness (QED) is 0.848. The Balaban J connectivity index is 2.88. The highest BCUT2D eigenvalue weighted by atomic mass is 35.5. The molecule has 2 amide bonds. The lowest BCUT2D eigenvalue weighted by molar-refractivity contribution is -0.172. The number of aryl methyl sites for hydroxylation is 1. The molecule has 92 valence electrons. The molecule has 7 heteroatoms. The predicted octanol–water partition coefficient (Wildman–Crippen LogP) is 2.47. The maximum atomic E-state index is 11.9. The standard InChI is InChI=1S/C10H7ClF3NO2/c1-5-4-6(11)2-3-7(5)8(16)15-9(17)10(12,13)14/h2-4H,1H3,(H,15,16,17). The summed E-state index contributed by atoms with van der Waals surface area (Å²) in [7, 11) is 0. The van der Waals surface area contributed by atoms with Crippen molar-refractivity contribution in [1.29, 1.82) is 0 Å². The van der Waals surface area contributed by atoms with Crippen molar-refractivity contribution in [3.8, 4) is 0 Å². The van der Waals surface area contributed by atoms with Crippen molar-refractivity contribution in [2.24, 2.45) is 0 Å². The number of alkyl halides is 3. The fourth-order valence-electron chi connectivity index (χ4n) is 1.12. The van der Waals surface area contributed by atoms with E-state index in [4.69, 9.17) is 11.6 Å². The van der Waals surface area contributed by atoms with Gasteiger partial charge in [-0.15, -0.1) is 0 Å². The van der Waals surface area contributed by atoms with Crippen LogP contribution in [0.4, 0.5) is 13.2 Å². The highest BCUT2D eigenvalue weighted by molar-refractivity contribution is 6.30. The number of carbonyl (C=O) groups excluding carboxylic acids is 2. The van der Waals surface area contributed by atoms with E-state index in [2.05, 4.69) is 0 Å². The Morgan fingerprint density at radius 3 is 2.35 bits per heavy atom. The summed E-state index contributed by atoms with van der Waals surface area (Å²) in [5.41, 5.74) is 0.344. The van der Waals surface area contributed by atoms with E-state index in [1.807, 2.05) is 0 Å². The van der Waals surface area contributed by atoms with Gasteiger partial charge >= 0.3 is 12.1 Å². The van der Waals surface area contributed by atoms with Gasteiger partial charge in [-0.3, -0.25) is 14.9 Å². The second-order valence-electron chi connectivity index (χ2n) is 3.24. The summed E-state index contributed by atoms with van der Waals surface area (Å²) < 4.78 is 35.7. The van der Waals surface area contributed by atoms with Gasteiger partial charge in [0.15, 0.2) is 0 Å². The van der Waals surface area contributed by atoms with Crippen LogP contribution < -0.4 is 5.32 Å². The molecule has 0 aliphatic carbocycles. The van der Waals surface area contributed by atoms with E-state index >= 15 is 0 Å². The normalized spacial score (nSPS) is 11.1. The average Bonchev–Trinajstić information content (AvgIpc) is 2.15. The van der Waals surface area contributed by atoms with Gasteiger partial charge in [0.05, 0.1) is 0 Å². The monoisotopic (exact) mass is 265 g/mol. The smallest absolute Gasteiger partial charge is 0.284 e. The molecule has 1 rings (SSSR count). The molecule has 0 spiro atoms. The Morgan fingerprint density at radius 1 is 1.29 bits per heavy atom. The molecule has 1 aromatic rings. The van der Waals surface area contributed by atoms with E-state index < -0.39 is 18.0 Å². The summed E-state index contributed by atoms with van der Waals surface area (Å²) in [5.74, 6) is -3.40. The molecule has 17 heavy (non-hydrogen) atoms. The van der Waals surface area contributed by atoms with Crippen LogP contribution in [0.25, 0.3) is 0 Å². The van der Waals surface area contributed by atoms with Crippen molar-refractivity contribution in [2.75, 3.05) is 0 Å². The molecule has 0 saturated carbocycles. The molecule has 0 radical (unpaired) electrons. The fourth-order valence-corrected chi connectivity index (χ4v) is 1.35. The van der Waals surface area contributed by atoms with Crippen molar-refractivity contribution in [2.45, 2.75) is 13.1 Å². The number of nitrogens with one attached hydrogen (secondary N) is 1. The van der Waals surface area contributed by atoms with Crippen LogP contribution in [0.3, 0.4) is 0 Å². The maximum Gasteiger partial charge on any atom is 0.471 e. The van der Waals surface area contributed by atoms with Gasteiger partial charge in [-0.25, -0.2) is 0 Å². The van der Waals surface area contributed by atoms with E-state index in [0.717, 1.165) is 0 Å². The van der Waals surface area contributed by atoms with Gasteiger partial charge < -0.3 is 0 Å². The molecule has 0 aliphatic rings. The number of imide groups is 1. The van der Waals surface area contributed by atoms with Crippen LogP contribution in [0, 0.1) is 6.92 Å². The third-order valence-electron chi connectivity index (χ3n) is 1.92. The third kappa shape index (κ3) is 3.45. The van der Waals surface area contributed by atoms with Gasteiger partial charge in [0.25, 0.3) is 5.91 Å². The lowest BCUT2D eigenvalue weighted by Gasteiger charge is -2.08. The van der Waals surface area contributed by atoms with E-state index in [1.54, 1.807) is 0 Å². The van der Waals surface area contributed by atoms with Gasteiger partial charge in [-0.1, -0.05) is 11.6 Å². The number of halogens is 4. The number of rotatable bonds is 1. The molecule has 0 saturated heterocycles. The fraction of sp³-hybridized carbons (Fsp3) is 0.200. The van der Waals surface area contributed by atoms with E-state index in [1.165, 1.54) is 30.4 Å². The van der Waals surface area contributed by atoms with Crippen molar-refractivity contribution in [1.82, 2.24) is 5.32 Å². The third-order valence-corrected chi connectivity index (χ3v) is 2.15. The Labute approximate surface area is 99.6 Å². The summed E-state index contributed by atoms with van der Waals surface area (Å²) >= 11 is 5.62. The zero-order chi connectivity index (χ0) is 13.2. The lowest BCUT2D eigenvalue weighted by Crippen LogP contribution is -2.40. The number of hydrogen-bond acceptors (Lipinski definition) is 2. The van der Waals surface area contributed by atoms with Gasteiger partial charge in [0.1, 0.15) is 0 Å². The Morgan fingerprint density at radius 2 is 1.88 bits per heavy atom. The van der Waals surface area contributed by atoms with Crippen LogP contribution in [0.1, 0.15) is 15.9 Å². The van der Waals surface area contributed by atoms with Crippen molar-refractivity contribution < 1.29 is 22.8 Å². The molecular weight excluding hydrogens is 259 g/mol. The SMILES string of the molecule is Cc1cc(Cl)ccc1C(=O)NC(=O)C(F)(F)F. The summed E-state index contributed by atoms with van der Waals surface area (Å²) in [6.45, 7) is 1.50. The van der Waals surface area contributed by atoms with Gasteiger partial charge in [0.2, 0.25) is 0 Å². The molecular formula is C10H7ClF3NO2. The first-order valence-electron chi connectivity index (χ1n) is 4.40. The lowest BCUT2D eigenvalue weighted by atomic mass is 10.1. The largest absolute Gasteiger partial charge is 0.471 e. The maximum absolute atomic E-state index is 11.9. The van der Waals surface area contributed by atoms with Crippen LogP contribution in [-0.4, -0.2) is 18.0 Å². The summed E-state index contributed by atoms with van der Waals surface area (Å²) in [6, 6.07) is 4.01. The van der Waals surface area contributed by atoms with E-state index in [9.17, 15) is 22.8 Å². The van der Waals surface area contributed by atoms with Crippen LogP contribution in [0.2, 0.25) is 5.02 Å². The van der Waals surface area contributed by atoms with Crippen LogP contribution in [0.5, 0.6) is 0 Å². The minimum absolute atomic E-state index is 0.0352. The van der Waals surface area contributed by atoms with E-state index in [-0.39, 0.29) is 5.56 Å². The van der Waals surface area contributed by atoms with Crippen molar-refractivity contribution in [3.05, 3.63) is 34.3 Å². The van der Waals surface area contributed by atoms with Crippen LogP contribution in [-0.2, 0) is 4.79 Å². The van der Waals surface area contributed by atoms with Crippen LogP contribution in [0.15, 0.2) is 18.2 Å². The minimum atomic E-state index is -5.09. The molecule has 1 aromatic carbocycles. The summed E-state index contributed by atoms with van der Waals surface area (Å²) in [5, 5.41) is 1.60. The molecule has 3 nitrogen and oxygen atoms in total. The summed E-state index contributed by atoms with van der Waals surface area (Å²) in [4.78, 5) is 21.9. The minimum Gasteiger partial charge on any atom is -0.284 e. The molecule has 0 unspecified atom stereocenters. The zero-order valence-electron chi connectivity index (χ0n) is 8.56. The van der Waals surface area contributed by atoms with E-state index in [0.29, 0.717) is 10.6 Å². The number of hydrogen-bond donors (Lipinski definition) is 1. The molecule has 0 atom stereocenters. The molecule has 0 heterocycles. The highest BCUT2D eigenvalue weighted by Gasteiger charge is 2.39. The zero-order valence-corrected chi connectivity index (χ0v) is 9.32. The second-order valence-corrected chi connectivity index (χ2v) is 3.68. The van der Waals surface area contributed by atoms with Crippen LogP contribution >= 0.6 is 11.6 Å². The first-order chi connectivity index (χ1) is 7.71. The highest BCUT2D eigenvalue weighted by Crippen LogP contribution is 2.17. The summed E-state index contributed by atoms with van der Waals surface area (Å²) in [6.07, 6.45) is -5.09. The van der Waals surface area contributed by atoms with Gasteiger partial charge in [-0.05, 0) is 30.7 Å². The number of carbonyl (C=O) groups is 2. The average molecular weight is 266 g/mol. The number of benzene rings is 1. The molecule has 1 N–H and O–H groups in total. The Hall–Kier alpha value is -1.56. The van der Waals surface area contributed by atoms with Gasteiger partial charge in [0, 0.05) is 10.6 Å². The topological polar surface area (TPSA) is 46.2 Å². The Kier molecular flexibility index (Phi) is 3.77. The molecule has 0 fully saturated rings. The Bertz CT molecular complexity index is 471. The van der Waals surface area contributed by atoms with Crippen molar-refractivity contribution >= 4 is 23.4 Å². The van der Waals surface area contributed by atoms with Gasteiger partial charge in [-0.2, -0.15) is 13.2 Å². The predicted molar refractivity (Wildman–Crippen MR) is 54.7 cm³/mol. The number of amides is 2. The first-order valence-corrected chi connectivity index (χ1v) is 4.78.